The van der Waals surface area contributed by atoms with Gasteiger partial charge in [0.25, 0.3) is 0 Å². The van der Waals surface area contributed by atoms with Crippen LogP contribution < -0.4 is 5.73 Å². The molecular formula is C10H19N3O2. The molecule has 0 spiro atoms. The number of carboxylic acid groups (broad SMARTS) is 1. The highest BCUT2D eigenvalue weighted by molar-refractivity contribution is 5.74. The Morgan fingerprint density at radius 3 is 2.53 bits per heavy atom. The zero-order valence-corrected chi connectivity index (χ0v) is 8.91. The third kappa shape index (κ3) is 4.18. The fourth-order valence-corrected chi connectivity index (χ4v) is 2.00. The van der Waals surface area contributed by atoms with Crippen LogP contribution in [0, 0.1) is 11.3 Å². The third-order valence-corrected chi connectivity index (χ3v) is 2.96. The van der Waals surface area contributed by atoms with Gasteiger partial charge < -0.3 is 15.7 Å². The highest BCUT2D eigenvalue weighted by Gasteiger charge is 2.19. The summed E-state index contributed by atoms with van der Waals surface area (Å²) < 4.78 is 0. The molecule has 0 amide bonds. The SMILES string of the molecule is N=C(N)N1CCC(CCCC(=O)O)CC1. The van der Waals surface area contributed by atoms with E-state index in [0.717, 1.165) is 38.8 Å². The Hall–Kier alpha value is -1.26. The van der Waals surface area contributed by atoms with E-state index in [9.17, 15) is 4.79 Å². The molecule has 0 unspecified atom stereocenters. The molecule has 0 aliphatic carbocycles. The van der Waals surface area contributed by atoms with Gasteiger partial charge >= 0.3 is 5.97 Å². The molecule has 4 N–H and O–H groups in total. The van der Waals surface area contributed by atoms with Gasteiger partial charge in [-0.05, 0) is 31.6 Å². The molecule has 0 aromatic rings. The fourth-order valence-electron chi connectivity index (χ4n) is 2.00. The van der Waals surface area contributed by atoms with E-state index in [-0.39, 0.29) is 12.4 Å². The maximum Gasteiger partial charge on any atom is 0.303 e. The Kier molecular flexibility index (Phi) is 4.39. The molecule has 0 radical (unpaired) electrons. The summed E-state index contributed by atoms with van der Waals surface area (Å²) in [5, 5.41) is 15.8. The molecule has 86 valence electrons. The minimum absolute atomic E-state index is 0.152. The lowest BCUT2D eigenvalue weighted by atomic mass is 9.92. The van der Waals surface area contributed by atoms with Crippen LogP contribution in [-0.2, 0) is 4.79 Å². The van der Waals surface area contributed by atoms with Crippen molar-refractivity contribution >= 4 is 11.9 Å². The summed E-state index contributed by atoms with van der Waals surface area (Å²) in [6.07, 6.45) is 4.07. The van der Waals surface area contributed by atoms with Crippen LogP contribution in [-0.4, -0.2) is 35.0 Å². The molecule has 1 aliphatic heterocycles. The van der Waals surface area contributed by atoms with E-state index in [1.807, 2.05) is 4.90 Å². The number of nitrogens with zero attached hydrogens (tertiary/aromatic N) is 1. The number of carboxylic acids is 1. The Labute approximate surface area is 89.8 Å². The van der Waals surface area contributed by atoms with E-state index < -0.39 is 5.97 Å². The molecule has 0 saturated carbocycles. The van der Waals surface area contributed by atoms with E-state index in [1.54, 1.807) is 0 Å². The molecule has 5 nitrogen and oxygen atoms in total. The molecule has 1 saturated heterocycles. The molecule has 1 heterocycles. The van der Waals surface area contributed by atoms with Crippen molar-refractivity contribution in [2.45, 2.75) is 32.1 Å². The van der Waals surface area contributed by atoms with Crippen molar-refractivity contribution in [3.8, 4) is 0 Å². The number of carbonyl (C=O) groups is 1. The Bertz CT molecular complexity index is 232. The van der Waals surface area contributed by atoms with Gasteiger partial charge in [0.2, 0.25) is 0 Å². The van der Waals surface area contributed by atoms with Crippen molar-refractivity contribution in [1.82, 2.24) is 4.90 Å². The molecule has 1 aliphatic rings. The summed E-state index contributed by atoms with van der Waals surface area (Å²) in [7, 11) is 0. The quantitative estimate of drug-likeness (QED) is 0.477. The van der Waals surface area contributed by atoms with Crippen molar-refractivity contribution in [2.75, 3.05) is 13.1 Å². The average molecular weight is 213 g/mol. The molecule has 0 bridgehead atoms. The molecule has 0 atom stereocenters. The van der Waals surface area contributed by atoms with Crippen molar-refractivity contribution in [3.63, 3.8) is 0 Å². The van der Waals surface area contributed by atoms with Crippen LogP contribution in [0.1, 0.15) is 32.1 Å². The molecule has 1 fully saturated rings. The molecule has 5 heteroatoms. The number of piperidine rings is 1. The predicted octanol–water partition coefficient (Wildman–Crippen LogP) is 0.847. The van der Waals surface area contributed by atoms with E-state index in [0.29, 0.717) is 5.92 Å². The number of guanidine groups is 1. The van der Waals surface area contributed by atoms with Crippen molar-refractivity contribution in [2.24, 2.45) is 11.7 Å². The van der Waals surface area contributed by atoms with Gasteiger partial charge in [0.15, 0.2) is 5.96 Å². The second-order valence-electron chi connectivity index (χ2n) is 4.10. The van der Waals surface area contributed by atoms with Crippen LogP contribution in [0.25, 0.3) is 0 Å². The topological polar surface area (TPSA) is 90.4 Å². The minimum Gasteiger partial charge on any atom is -0.481 e. The van der Waals surface area contributed by atoms with Gasteiger partial charge in [0, 0.05) is 19.5 Å². The molecule has 0 aromatic heterocycles. The Morgan fingerprint density at radius 2 is 2.07 bits per heavy atom. The highest BCUT2D eigenvalue weighted by atomic mass is 16.4. The van der Waals surface area contributed by atoms with Gasteiger partial charge in [0.1, 0.15) is 0 Å². The number of aliphatic carboxylic acids is 1. The van der Waals surface area contributed by atoms with Crippen LogP contribution >= 0.6 is 0 Å². The van der Waals surface area contributed by atoms with Crippen LogP contribution in [0.2, 0.25) is 0 Å². The predicted molar refractivity (Wildman–Crippen MR) is 57.7 cm³/mol. The van der Waals surface area contributed by atoms with E-state index in [1.165, 1.54) is 0 Å². The fraction of sp³-hybridized carbons (Fsp3) is 0.800. The third-order valence-electron chi connectivity index (χ3n) is 2.96. The van der Waals surface area contributed by atoms with Crippen LogP contribution in [0.3, 0.4) is 0 Å². The monoisotopic (exact) mass is 213 g/mol. The lowest BCUT2D eigenvalue weighted by Crippen LogP contribution is -2.42. The van der Waals surface area contributed by atoms with Crippen molar-refractivity contribution < 1.29 is 9.90 Å². The second-order valence-corrected chi connectivity index (χ2v) is 4.10. The molecule has 1 rings (SSSR count). The normalized spacial score (nSPS) is 17.7. The van der Waals surface area contributed by atoms with Gasteiger partial charge in [-0.25, -0.2) is 0 Å². The van der Waals surface area contributed by atoms with Crippen LogP contribution in [0.4, 0.5) is 0 Å². The first-order valence-electron chi connectivity index (χ1n) is 5.40. The molecular weight excluding hydrogens is 194 g/mol. The van der Waals surface area contributed by atoms with E-state index in [4.69, 9.17) is 16.2 Å². The minimum atomic E-state index is -0.712. The van der Waals surface area contributed by atoms with E-state index in [2.05, 4.69) is 0 Å². The smallest absolute Gasteiger partial charge is 0.303 e. The van der Waals surface area contributed by atoms with Crippen molar-refractivity contribution in [1.29, 1.82) is 5.41 Å². The molecule has 15 heavy (non-hydrogen) atoms. The lowest BCUT2D eigenvalue weighted by molar-refractivity contribution is -0.137. The Morgan fingerprint density at radius 1 is 1.47 bits per heavy atom. The summed E-state index contributed by atoms with van der Waals surface area (Å²) in [6, 6.07) is 0. The Balaban J connectivity index is 2.14. The number of hydrogen-bond acceptors (Lipinski definition) is 2. The first-order chi connectivity index (χ1) is 7.09. The van der Waals surface area contributed by atoms with Gasteiger partial charge in [-0.3, -0.25) is 10.2 Å². The summed E-state index contributed by atoms with van der Waals surface area (Å²) in [5.74, 6) is 0.0510. The van der Waals surface area contributed by atoms with Gasteiger partial charge in [-0.2, -0.15) is 0 Å². The summed E-state index contributed by atoms with van der Waals surface area (Å²) >= 11 is 0. The first-order valence-corrected chi connectivity index (χ1v) is 5.40. The largest absolute Gasteiger partial charge is 0.481 e. The van der Waals surface area contributed by atoms with E-state index >= 15 is 0 Å². The summed E-state index contributed by atoms with van der Waals surface area (Å²) in [4.78, 5) is 12.2. The molecule has 0 aromatic carbocycles. The summed E-state index contributed by atoms with van der Waals surface area (Å²) in [5.41, 5.74) is 5.38. The number of hydrogen-bond donors (Lipinski definition) is 3. The van der Waals surface area contributed by atoms with Crippen LogP contribution in [0.5, 0.6) is 0 Å². The maximum absolute atomic E-state index is 10.3. The maximum atomic E-state index is 10.3. The highest BCUT2D eigenvalue weighted by Crippen LogP contribution is 2.22. The lowest BCUT2D eigenvalue weighted by Gasteiger charge is -2.32. The van der Waals surface area contributed by atoms with Gasteiger partial charge in [0.05, 0.1) is 0 Å². The van der Waals surface area contributed by atoms with Gasteiger partial charge in [-0.15, -0.1) is 0 Å². The first kappa shape index (κ1) is 11.8. The van der Waals surface area contributed by atoms with Gasteiger partial charge in [-0.1, -0.05) is 0 Å². The standard InChI is InChI=1S/C10H19N3O2/c11-10(12)13-6-4-8(5-7-13)2-1-3-9(14)15/h8H,1-7H2,(H3,11,12)(H,14,15). The zero-order valence-electron chi connectivity index (χ0n) is 8.91. The van der Waals surface area contributed by atoms with Crippen molar-refractivity contribution in [3.05, 3.63) is 0 Å². The number of nitrogens with two attached hydrogens (primary N) is 1. The number of rotatable bonds is 4. The average Bonchev–Trinajstić information content (AvgIpc) is 2.18. The summed E-state index contributed by atoms with van der Waals surface area (Å²) in [6.45, 7) is 1.68. The second kappa shape index (κ2) is 5.58. The number of likely N-dealkylation sites (tertiary alicyclic amines) is 1. The number of nitrogens with one attached hydrogen (secondary N) is 1. The van der Waals surface area contributed by atoms with Crippen LogP contribution in [0.15, 0.2) is 0 Å². The zero-order chi connectivity index (χ0) is 11.3.